The van der Waals surface area contributed by atoms with Crippen LogP contribution in [0.1, 0.15) is 13.3 Å². The standard InChI is InChI=1S/C10H10O5/c1-2-3-15-10(14)6-4-7(11)9(13)8(12)5-6/h4-5,11H,2-3H2,1H3. The van der Waals surface area contributed by atoms with E-state index in [9.17, 15) is 14.4 Å². The highest BCUT2D eigenvalue weighted by molar-refractivity contribution is 6.48. The molecule has 1 N–H and O–H groups in total. The number of carbonyl (C=O) groups is 3. The molecule has 5 nitrogen and oxygen atoms in total. The monoisotopic (exact) mass is 210 g/mol. The van der Waals surface area contributed by atoms with Gasteiger partial charge < -0.3 is 9.84 Å². The van der Waals surface area contributed by atoms with Gasteiger partial charge in [0.2, 0.25) is 5.78 Å². The molecule has 0 saturated heterocycles. The summed E-state index contributed by atoms with van der Waals surface area (Å²) in [6, 6.07) is 0. The fourth-order valence-electron chi connectivity index (χ4n) is 0.983. The molecule has 1 aliphatic carbocycles. The molecule has 0 aromatic heterocycles. The van der Waals surface area contributed by atoms with Crippen molar-refractivity contribution in [1.29, 1.82) is 0 Å². The van der Waals surface area contributed by atoms with E-state index in [1.54, 1.807) is 0 Å². The second-order valence-electron chi connectivity index (χ2n) is 2.96. The van der Waals surface area contributed by atoms with Gasteiger partial charge in [-0.15, -0.1) is 0 Å². The van der Waals surface area contributed by atoms with E-state index in [1.807, 2.05) is 6.92 Å². The van der Waals surface area contributed by atoms with Crippen LogP contribution in [0.2, 0.25) is 0 Å². The van der Waals surface area contributed by atoms with Crippen molar-refractivity contribution in [2.45, 2.75) is 13.3 Å². The molecule has 0 aliphatic heterocycles. The minimum Gasteiger partial charge on any atom is -0.504 e. The zero-order valence-electron chi connectivity index (χ0n) is 8.15. The molecule has 0 fully saturated rings. The van der Waals surface area contributed by atoms with Crippen molar-refractivity contribution in [3.05, 3.63) is 23.5 Å². The van der Waals surface area contributed by atoms with Crippen molar-refractivity contribution in [3.8, 4) is 0 Å². The molecule has 0 unspecified atom stereocenters. The average molecular weight is 210 g/mol. The number of rotatable bonds is 3. The van der Waals surface area contributed by atoms with Crippen LogP contribution < -0.4 is 0 Å². The predicted molar refractivity (Wildman–Crippen MR) is 50.1 cm³/mol. The number of aliphatic hydroxyl groups excluding tert-OH is 1. The van der Waals surface area contributed by atoms with Crippen LogP contribution in [-0.2, 0) is 19.1 Å². The lowest BCUT2D eigenvalue weighted by atomic mass is 10.0. The topological polar surface area (TPSA) is 80.7 Å². The minimum atomic E-state index is -1.01. The molecular formula is C10H10O5. The van der Waals surface area contributed by atoms with Crippen LogP contribution in [0, 0.1) is 0 Å². The van der Waals surface area contributed by atoms with Crippen LogP contribution in [0.5, 0.6) is 0 Å². The first-order valence-electron chi connectivity index (χ1n) is 4.44. The normalized spacial score (nSPS) is 15.8. The maximum Gasteiger partial charge on any atom is 0.338 e. The molecule has 0 saturated carbocycles. The second-order valence-corrected chi connectivity index (χ2v) is 2.96. The van der Waals surface area contributed by atoms with E-state index in [2.05, 4.69) is 0 Å². The van der Waals surface area contributed by atoms with Gasteiger partial charge in [0.25, 0.3) is 5.78 Å². The Hall–Kier alpha value is -1.91. The molecule has 0 spiro atoms. The van der Waals surface area contributed by atoms with E-state index < -0.39 is 23.3 Å². The first kappa shape index (κ1) is 11.2. The second kappa shape index (κ2) is 4.54. The summed E-state index contributed by atoms with van der Waals surface area (Å²) in [7, 11) is 0. The smallest absolute Gasteiger partial charge is 0.338 e. The molecule has 0 atom stereocenters. The van der Waals surface area contributed by atoms with Crippen LogP contribution >= 0.6 is 0 Å². The molecule has 5 heteroatoms. The lowest BCUT2D eigenvalue weighted by molar-refractivity contribution is -0.139. The Kier molecular flexibility index (Phi) is 3.38. The van der Waals surface area contributed by atoms with Gasteiger partial charge in [-0.05, 0) is 12.5 Å². The Morgan fingerprint density at radius 3 is 2.60 bits per heavy atom. The number of hydrogen-bond acceptors (Lipinski definition) is 5. The van der Waals surface area contributed by atoms with E-state index in [0.29, 0.717) is 6.42 Å². The van der Waals surface area contributed by atoms with Gasteiger partial charge in [-0.3, -0.25) is 9.59 Å². The highest BCUT2D eigenvalue weighted by Crippen LogP contribution is 2.11. The van der Waals surface area contributed by atoms with Gasteiger partial charge in [-0.25, -0.2) is 4.79 Å². The SMILES string of the molecule is CCCOC(=O)C1=CC(=O)C(=O)C(O)=C1. The molecule has 0 bridgehead atoms. The van der Waals surface area contributed by atoms with Crippen molar-refractivity contribution in [2.24, 2.45) is 0 Å². The number of ketones is 2. The molecule has 0 amide bonds. The minimum absolute atomic E-state index is 0.106. The zero-order valence-corrected chi connectivity index (χ0v) is 8.15. The third kappa shape index (κ3) is 2.52. The van der Waals surface area contributed by atoms with Crippen LogP contribution in [0.4, 0.5) is 0 Å². The summed E-state index contributed by atoms with van der Waals surface area (Å²) in [6.07, 6.45) is 2.45. The van der Waals surface area contributed by atoms with Crippen LogP contribution in [0.3, 0.4) is 0 Å². The van der Waals surface area contributed by atoms with E-state index in [-0.39, 0.29) is 12.2 Å². The molecule has 0 aromatic carbocycles. The molecular weight excluding hydrogens is 200 g/mol. The summed E-state index contributed by atoms with van der Waals surface area (Å²) >= 11 is 0. The number of ether oxygens (including phenoxy) is 1. The van der Waals surface area contributed by atoms with Gasteiger partial charge in [0.1, 0.15) is 0 Å². The van der Waals surface area contributed by atoms with Crippen molar-refractivity contribution >= 4 is 17.5 Å². The number of esters is 1. The summed E-state index contributed by atoms with van der Waals surface area (Å²) < 4.78 is 4.74. The van der Waals surface area contributed by atoms with Gasteiger partial charge in [0.15, 0.2) is 5.76 Å². The Morgan fingerprint density at radius 1 is 1.40 bits per heavy atom. The largest absolute Gasteiger partial charge is 0.504 e. The average Bonchev–Trinajstić information content (AvgIpc) is 2.21. The van der Waals surface area contributed by atoms with Crippen LogP contribution in [0.15, 0.2) is 23.5 Å². The molecule has 1 aliphatic rings. The fourth-order valence-corrected chi connectivity index (χ4v) is 0.983. The van der Waals surface area contributed by atoms with E-state index in [1.165, 1.54) is 0 Å². The third-order valence-corrected chi connectivity index (χ3v) is 1.71. The summed E-state index contributed by atoms with van der Waals surface area (Å²) in [5.41, 5.74) is -0.106. The molecule has 0 heterocycles. The molecule has 1 rings (SSSR count). The predicted octanol–water partition coefficient (Wildman–Crippen LogP) is 0.460. The van der Waals surface area contributed by atoms with Crippen molar-refractivity contribution in [2.75, 3.05) is 6.61 Å². The first-order valence-corrected chi connectivity index (χ1v) is 4.44. The summed E-state index contributed by atoms with van der Waals surface area (Å²) in [5, 5.41) is 9.03. The summed E-state index contributed by atoms with van der Waals surface area (Å²) in [6.45, 7) is 2.05. The van der Waals surface area contributed by atoms with E-state index in [0.717, 1.165) is 12.2 Å². The Bertz CT molecular complexity index is 375. The number of aliphatic hydroxyl groups is 1. The summed E-state index contributed by atoms with van der Waals surface area (Å²) in [5.74, 6) is -3.38. The Labute approximate surface area is 86.0 Å². The Balaban J connectivity index is 2.80. The number of allylic oxidation sites excluding steroid dienone is 2. The van der Waals surface area contributed by atoms with E-state index >= 15 is 0 Å². The van der Waals surface area contributed by atoms with Crippen molar-refractivity contribution < 1.29 is 24.2 Å². The van der Waals surface area contributed by atoms with Gasteiger partial charge in [-0.2, -0.15) is 0 Å². The Morgan fingerprint density at radius 2 is 2.07 bits per heavy atom. The lowest BCUT2D eigenvalue weighted by Gasteiger charge is -2.07. The molecule has 80 valence electrons. The number of hydrogen-bond donors (Lipinski definition) is 1. The van der Waals surface area contributed by atoms with Crippen LogP contribution in [-0.4, -0.2) is 29.2 Å². The maximum absolute atomic E-state index is 11.2. The highest BCUT2D eigenvalue weighted by atomic mass is 16.5. The molecule has 15 heavy (non-hydrogen) atoms. The third-order valence-electron chi connectivity index (χ3n) is 1.71. The van der Waals surface area contributed by atoms with Gasteiger partial charge in [0.05, 0.1) is 12.2 Å². The highest BCUT2D eigenvalue weighted by Gasteiger charge is 2.25. The van der Waals surface area contributed by atoms with Gasteiger partial charge >= 0.3 is 5.97 Å². The van der Waals surface area contributed by atoms with Gasteiger partial charge in [-0.1, -0.05) is 6.92 Å². The molecule has 0 aromatic rings. The molecule has 0 radical (unpaired) electrons. The first-order chi connectivity index (χ1) is 7.06. The van der Waals surface area contributed by atoms with E-state index in [4.69, 9.17) is 9.84 Å². The van der Waals surface area contributed by atoms with Crippen molar-refractivity contribution in [1.82, 2.24) is 0 Å². The fraction of sp³-hybridized carbons (Fsp3) is 0.300. The maximum atomic E-state index is 11.2. The zero-order chi connectivity index (χ0) is 11.4. The number of carbonyl (C=O) groups excluding carboxylic acids is 3. The quantitative estimate of drug-likeness (QED) is 0.415. The van der Waals surface area contributed by atoms with Gasteiger partial charge in [0, 0.05) is 6.08 Å². The lowest BCUT2D eigenvalue weighted by Crippen LogP contribution is -2.21. The number of Topliss-reactive ketones (excluding diaryl/α,β-unsaturated/α-hetero) is 1. The summed E-state index contributed by atoms with van der Waals surface area (Å²) in [4.78, 5) is 33.0. The van der Waals surface area contributed by atoms with Crippen LogP contribution in [0.25, 0.3) is 0 Å². The van der Waals surface area contributed by atoms with Crippen molar-refractivity contribution in [3.63, 3.8) is 0 Å².